The van der Waals surface area contributed by atoms with Gasteiger partial charge in [0.2, 0.25) is 5.91 Å². The Bertz CT molecular complexity index is 1400. The molecule has 2 aromatic carbocycles. The smallest absolute Gasteiger partial charge is 0.223 e. The number of hydrogen-bond acceptors (Lipinski definition) is 6. The van der Waals surface area contributed by atoms with Crippen LogP contribution in [-0.4, -0.2) is 45.8 Å². The first kappa shape index (κ1) is 30.6. The molecule has 42 heavy (non-hydrogen) atoms. The number of carbonyl (C=O) groups excluding carboxylic acids is 1. The summed E-state index contributed by atoms with van der Waals surface area (Å²) in [6, 6.07) is 17.5. The molecule has 0 unspecified atom stereocenters. The SMILES string of the molecule is CCCN(C)Cc1ncc(-c2ccc(-c3ccc(-c4cnc(CN(CCC)C(=O)CC5CCCCC5)s4)cc3)cc2)s1. The van der Waals surface area contributed by atoms with E-state index in [1.165, 1.54) is 59.2 Å². The minimum absolute atomic E-state index is 0.297. The molecular formula is C35H44N4OS2. The molecule has 1 aliphatic rings. The number of amides is 1. The van der Waals surface area contributed by atoms with E-state index in [0.717, 1.165) is 47.4 Å². The quantitative estimate of drug-likeness (QED) is 0.154. The molecule has 0 aliphatic heterocycles. The zero-order chi connectivity index (χ0) is 29.3. The first-order valence-electron chi connectivity index (χ1n) is 15.6. The number of aromatic nitrogens is 2. The van der Waals surface area contributed by atoms with Crippen molar-refractivity contribution in [3.05, 3.63) is 70.9 Å². The summed E-state index contributed by atoms with van der Waals surface area (Å²) in [5.41, 5.74) is 4.78. The predicted octanol–water partition coefficient (Wildman–Crippen LogP) is 9.15. The molecule has 2 heterocycles. The zero-order valence-electron chi connectivity index (χ0n) is 25.3. The summed E-state index contributed by atoms with van der Waals surface area (Å²) < 4.78 is 0. The molecule has 1 aliphatic carbocycles. The van der Waals surface area contributed by atoms with Crippen LogP contribution >= 0.6 is 22.7 Å². The average molecular weight is 601 g/mol. The summed E-state index contributed by atoms with van der Waals surface area (Å²) in [6.45, 7) is 7.76. The van der Waals surface area contributed by atoms with Crippen molar-refractivity contribution < 1.29 is 4.79 Å². The lowest BCUT2D eigenvalue weighted by molar-refractivity contribution is -0.133. The van der Waals surface area contributed by atoms with Crippen molar-refractivity contribution in [3.63, 3.8) is 0 Å². The third-order valence-electron chi connectivity index (χ3n) is 8.15. The molecule has 222 valence electrons. The maximum atomic E-state index is 13.1. The molecule has 0 bridgehead atoms. The summed E-state index contributed by atoms with van der Waals surface area (Å²) in [7, 11) is 2.15. The molecule has 1 amide bonds. The topological polar surface area (TPSA) is 49.3 Å². The van der Waals surface area contributed by atoms with E-state index in [9.17, 15) is 4.79 Å². The van der Waals surface area contributed by atoms with Crippen molar-refractivity contribution >= 4 is 28.6 Å². The van der Waals surface area contributed by atoms with Crippen LogP contribution in [0.3, 0.4) is 0 Å². The Labute approximate surface area is 259 Å². The third-order valence-corrected chi connectivity index (χ3v) is 10.2. The summed E-state index contributed by atoms with van der Waals surface area (Å²) in [5, 5.41) is 2.18. The average Bonchev–Trinajstić information content (AvgIpc) is 3.68. The van der Waals surface area contributed by atoms with Gasteiger partial charge in [0.1, 0.15) is 10.0 Å². The van der Waals surface area contributed by atoms with Gasteiger partial charge in [-0.25, -0.2) is 9.97 Å². The van der Waals surface area contributed by atoms with E-state index >= 15 is 0 Å². The van der Waals surface area contributed by atoms with Gasteiger partial charge in [-0.05, 0) is 67.4 Å². The highest BCUT2D eigenvalue weighted by molar-refractivity contribution is 7.15. The highest BCUT2D eigenvalue weighted by atomic mass is 32.1. The molecule has 5 nitrogen and oxygen atoms in total. The van der Waals surface area contributed by atoms with E-state index < -0.39 is 0 Å². The molecule has 7 heteroatoms. The number of thiazole rings is 2. The molecule has 0 N–H and O–H groups in total. The van der Waals surface area contributed by atoms with E-state index in [2.05, 4.69) is 79.3 Å². The van der Waals surface area contributed by atoms with Gasteiger partial charge in [-0.15, -0.1) is 22.7 Å². The fourth-order valence-electron chi connectivity index (χ4n) is 5.87. The summed E-state index contributed by atoms with van der Waals surface area (Å²) in [5.74, 6) is 0.863. The number of hydrogen-bond donors (Lipinski definition) is 0. The number of carbonyl (C=O) groups is 1. The molecule has 4 aromatic rings. The van der Waals surface area contributed by atoms with Gasteiger partial charge in [-0.1, -0.05) is 81.6 Å². The van der Waals surface area contributed by atoms with Crippen molar-refractivity contribution in [1.29, 1.82) is 0 Å². The van der Waals surface area contributed by atoms with E-state index in [1.807, 2.05) is 17.3 Å². The Morgan fingerprint density at radius 3 is 1.76 bits per heavy atom. The molecule has 1 saturated carbocycles. The van der Waals surface area contributed by atoms with Gasteiger partial charge in [0.25, 0.3) is 0 Å². The van der Waals surface area contributed by atoms with Gasteiger partial charge < -0.3 is 4.90 Å². The second-order valence-electron chi connectivity index (χ2n) is 11.7. The van der Waals surface area contributed by atoms with E-state index in [1.54, 1.807) is 22.7 Å². The molecule has 0 radical (unpaired) electrons. The zero-order valence-corrected chi connectivity index (χ0v) is 27.0. The second kappa shape index (κ2) is 15.0. The number of benzene rings is 2. The molecule has 0 atom stereocenters. The maximum absolute atomic E-state index is 13.1. The Kier molecular flexibility index (Phi) is 10.9. The van der Waals surface area contributed by atoms with Crippen LogP contribution in [-0.2, 0) is 17.9 Å². The lowest BCUT2D eigenvalue weighted by Gasteiger charge is -2.26. The van der Waals surface area contributed by atoms with E-state index in [0.29, 0.717) is 24.8 Å². The van der Waals surface area contributed by atoms with Gasteiger partial charge >= 0.3 is 0 Å². The highest BCUT2D eigenvalue weighted by Gasteiger charge is 2.22. The highest BCUT2D eigenvalue weighted by Crippen LogP contribution is 2.32. The summed E-state index contributed by atoms with van der Waals surface area (Å²) in [4.78, 5) is 29.2. The predicted molar refractivity (Wildman–Crippen MR) is 178 cm³/mol. The van der Waals surface area contributed by atoms with Crippen molar-refractivity contribution in [3.8, 4) is 32.0 Å². The van der Waals surface area contributed by atoms with Crippen LogP contribution in [0.4, 0.5) is 0 Å². The van der Waals surface area contributed by atoms with Gasteiger partial charge in [0.15, 0.2) is 0 Å². The molecular weight excluding hydrogens is 557 g/mol. The summed E-state index contributed by atoms with van der Waals surface area (Å²) >= 11 is 3.48. The first-order chi connectivity index (χ1) is 20.5. The lowest BCUT2D eigenvalue weighted by Crippen LogP contribution is -2.32. The van der Waals surface area contributed by atoms with Crippen LogP contribution in [0.5, 0.6) is 0 Å². The molecule has 0 spiro atoms. The Hall–Kier alpha value is -2.87. The van der Waals surface area contributed by atoms with Crippen molar-refractivity contribution in [2.24, 2.45) is 5.92 Å². The minimum atomic E-state index is 0.297. The fourth-order valence-corrected chi connectivity index (χ4v) is 7.81. The molecule has 1 fully saturated rings. The van der Waals surface area contributed by atoms with Crippen LogP contribution in [0, 0.1) is 5.92 Å². The summed E-state index contributed by atoms with van der Waals surface area (Å²) in [6.07, 6.45) is 13.1. The van der Waals surface area contributed by atoms with Crippen LogP contribution in [0.15, 0.2) is 60.9 Å². The maximum Gasteiger partial charge on any atom is 0.223 e. The van der Waals surface area contributed by atoms with Gasteiger partial charge in [0, 0.05) is 25.4 Å². The van der Waals surface area contributed by atoms with Crippen molar-refractivity contribution in [2.45, 2.75) is 78.3 Å². The largest absolute Gasteiger partial charge is 0.336 e. The number of nitrogens with zero attached hydrogens (tertiary/aromatic N) is 4. The van der Waals surface area contributed by atoms with Crippen LogP contribution < -0.4 is 0 Å². The standard InChI is InChI=1S/C35H44N4OS2/c1-4-19-38(3)24-33-36-22-31(41-33)29-15-11-27(12-16-29)28-13-17-30(18-14-28)32-23-37-34(42-32)25-39(20-5-2)35(40)21-26-9-7-6-8-10-26/h11-18,22-23,26H,4-10,19-21,24-25H2,1-3H3. The third kappa shape index (κ3) is 8.15. The minimum Gasteiger partial charge on any atom is -0.336 e. The second-order valence-corrected chi connectivity index (χ2v) is 13.9. The van der Waals surface area contributed by atoms with Gasteiger partial charge in [-0.3, -0.25) is 9.69 Å². The van der Waals surface area contributed by atoms with Crippen molar-refractivity contribution in [1.82, 2.24) is 19.8 Å². The van der Waals surface area contributed by atoms with Crippen LogP contribution in [0.1, 0.15) is 75.2 Å². The van der Waals surface area contributed by atoms with E-state index in [4.69, 9.17) is 4.98 Å². The Morgan fingerprint density at radius 1 is 0.738 bits per heavy atom. The fraction of sp³-hybridized carbons (Fsp3) is 0.457. The van der Waals surface area contributed by atoms with E-state index in [-0.39, 0.29) is 0 Å². The Balaban J connectivity index is 1.20. The molecule has 2 aromatic heterocycles. The molecule has 0 saturated heterocycles. The lowest BCUT2D eigenvalue weighted by atomic mass is 9.86. The van der Waals surface area contributed by atoms with Gasteiger partial charge in [0.05, 0.1) is 22.8 Å². The monoisotopic (exact) mass is 600 g/mol. The normalized spacial score (nSPS) is 14.0. The first-order valence-corrected chi connectivity index (χ1v) is 17.2. The van der Waals surface area contributed by atoms with Gasteiger partial charge in [-0.2, -0.15) is 0 Å². The van der Waals surface area contributed by atoms with Crippen LogP contribution in [0.2, 0.25) is 0 Å². The van der Waals surface area contributed by atoms with Crippen LogP contribution in [0.25, 0.3) is 32.0 Å². The van der Waals surface area contributed by atoms with Crippen molar-refractivity contribution in [2.75, 3.05) is 20.1 Å². The Morgan fingerprint density at radius 2 is 1.24 bits per heavy atom. The number of rotatable bonds is 13. The molecule has 5 rings (SSSR count).